The Labute approximate surface area is 122 Å². The van der Waals surface area contributed by atoms with Gasteiger partial charge in [-0.05, 0) is 44.0 Å². The van der Waals surface area contributed by atoms with Crippen molar-refractivity contribution in [1.82, 2.24) is 4.98 Å². The molecule has 1 unspecified atom stereocenters. The number of fused-ring (bicyclic) bond motifs is 1. The van der Waals surface area contributed by atoms with Gasteiger partial charge in [-0.15, -0.1) is 11.3 Å². The van der Waals surface area contributed by atoms with E-state index in [2.05, 4.69) is 28.6 Å². The number of amides is 1. The Morgan fingerprint density at radius 1 is 1.40 bits per heavy atom. The maximum absolute atomic E-state index is 11.3. The van der Waals surface area contributed by atoms with Crippen LogP contribution in [0.1, 0.15) is 35.5 Å². The number of aromatic nitrogens is 1. The molecule has 1 aromatic carbocycles. The summed E-state index contributed by atoms with van der Waals surface area (Å²) in [7, 11) is 0. The lowest BCUT2D eigenvalue weighted by Gasteiger charge is -2.20. The van der Waals surface area contributed by atoms with Gasteiger partial charge < -0.3 is 10.6 Å². The summed E-state index contributed by atoms with van der Waals surface area (Å²) in [4.78, 5) is 16.9. The zero-order valence-electron chi connectivity index (χ0n) is 11.6. The van der Waals surface area contributed by atoms with E-state index >= 15 is 0 Å². The molecule has 0 bridgehead atoms. The van der Waals surface area contributed by atoms with E-state index in [9.17, 15) is 4.79 Å². The first-order valence-electron chi connectivity index (χ1n) is 6.73. The minimum absolute atomic E-state index is 0.104. The fraction of sp³-hybridized carbons (Fsp3) is 0.333. The zero-order valence-corrected chi connectivity index (χ0v) is 12.4. The molecule has 1 aromatic heterocycles. The van der Waals surface area contributed by atoms with Gasteiger partial charge in [-0.1, -0.05) is 0 Å². The molecule has 2 N–H and O–H groups in total. The summed E-state index contributed by atoms with van der Waals surface area (Å²) in [5, 5.41) is 6.41. The first-order valence-corrected chi connectivity index (χ1v) is 7.61. The molecule has 1 aliphatic rings. The van der Waals surface area contributed by atoms with Crippen LogP contribution < -0.4 is 10.6 Å². The number of aryl methyl sites for hydroxylation is 2. The first-order chi connectivity index (χ1) is 9.63. The van der Waals surface area contributed by atoms with Gasteiger partial charge in [-0.3, -0.25) is 4.79 Å². The molecule has 1 atom stereocenters. The summed E-state index contributed by atoms with van der Waals surface area (Å²) in [6.45, 7) is 4.17. The maximum atomic E-state index is 11.3. The van der Waals surface area contributed by atoms with Crippen LogP contribution in [-0.2, 0) is 11.2 Å². The fourth-order valence-corrected chi connectivity index (χ4v) is 3.33. The van der Waals surface area contributed by atoms with Crippen LogP contribution >= 0.6 is 11.3 Å². The van der Waals surface area contributed by atoms with Gasteiger partial charge in [0, 0.05) is 22.7 Å². The lowest BCUT2D eigenvalue weighted by molar-refractivity contribution is -0.116. The highest BCUT2D eigenvalue weighted by molar-refractivity contribution is 7.09. The quantitative estimate of drug-likeness (QED) is 0.908. The van der Waals surface area contributed by atoms with E-state index in [1.165, 1.54) is 10.4 Å². The highest BCUT2D eigenvalue weighted by Gasteiger charge is 2.16. The summed E-state index contributed by atoms with van der Waals surface area (Å²) in [6, 6.07) is 6.35. The van der Waals surface area contributed by atoms with Crippen LogP contribution in [0.4, 0.5) is 11.4 Å². The summed E-state index contributed by atoms with van der Waals surface area (Å²) in [5.74, 6) is 0.104. The van der Waals surface area contributed by atoms with Crippen molar-refractivity contribution in [2.75, 3.05) is 10.6 Å². The third-order valence-corrected chi connectivity index (χ3v) is 4.67. The highest BCUT2D eigenvalue weighted by atomic mass is 32.1. The van der Waals surface area contributed by atoms with Gasteiger partial charge in [0.25, 0.3) is 0 Å². The molecule has 0 fully saturated rings. The van der Waals surface area contributed by atoms with E-state index in [4.69, 9.17) is 0 Å². The van der Waals surface area contributed by atoms with E-state index in [-0.39, 0.29) is 11.9 Å². The van der Waals surface area contributed by atoms with Crippen molar-refractivity contribution in [1.29, 1.82) is 0 Å². The van der Waals surface area contributed by atoms with Gasteiger partial charge in [-0.2, -0.15) is 0 Å². The number of nitrogens with one attached hydrogen (secondary N) is 2. The van der Waals surface area contributed by atoms with E-state index < -0.39 is 0 Å². The molecular weight excluding hydrogens is 270 g/mol. The Kier molecular flexibility index (Phi) is 3.44. The second-order valence-corrected chi connectivity index (χ2v) is 5.97. The summed E-state index contributed by atoms with van der Waals surface area (Å²) >= 11 is 1.68. The normalized spacial score (nSPS) is 15.4. The van der Waals surface area contributed by atoms with Crippen molar-refractivity contribution in [2.24, 2.45) is 0 Å². The Morgan fingerprint density at radius 2 is 2.25 bits per heavy atom. The SMILES string of the molecule is Cc1ncsc1C(C)Nc1ccc2c(c1)CCC(=O)N2. The number of hydrogen-bond acceptors (Lipinski definition) is 4. The predicted molar refractivity (Wildman–Crippen MR) is 82.3 cm³/mol. The van der Waals surface area contributed by atoms with Crippen LogP contribution in [0, 0.1) is 6.92 Å². The highest BCUT2D eigenvalue weighted by Crippen LogP contribution is 2.29. The van der Waals surface area contributed by atoms with Crippen molar-refractivity contribution in [3.8, 4) is 0 Å². The third-order valence-electron chi connectivity index (χ3n) is 3.56. The number of carbonyl (C=O) groups is 1. The topological polar surface area (TPSA) is 54.0 Å². The van der Waals surface area contributed by atoms with Gasteiger partial charge in [0.1, 0.15) is 0 Å². The van der Waals surface area contributed by atoms with Gasteiger partial charge in [-0.25, -0.2) is 4.98 Å². The van der Waals surface area contributed by atoms with E-state index in [0.29, 0.717) is 6.42 Å². The second-order valence-electron chi connectivity index (χ2n) is 5.09. The zero-order chi connectivity index (χ0) is 14.1. The van der Waals surface area contributed by atoms with Gasteiger partial charge in [0.05, 0.1) is 17.2 Å². The molecule has 0 saturated carbocycles. The molecule has 20 heavy (non-hydrogen) atoms. The Hall–Kier alpha value is -1.88. The second kappa shape index (κ2) is 5.25. The van der Waals surface area contributed by atoms with Crippen molar-refractivity contribution in [2.45, 2.75) is 32.7 Å². The molecule has 3 rings (SSSR count). The fourth-order valence-electron chi connectivity index (χ4n) is 2.52. The molecule has 2 heterocycles. The molecule has 0 spiro atoms. The molecule has 0 radical (unpaired) electrons. The third kappa shape index (κ3) is 2.54. The molecule has 1 amide bonds. The minimum atomic E-state index is 0.104. The van der Waals surface area contributed by atoms with Crippen molar-refractivity contribution >= 4 is 28.6 Å². The van der Waals surface area contributed by atoms with Gasteiger partial charge in [0.15, 0.2) is 0 Å². The number of anilines is 2. The van der Waals surface area contributed by atoms with Crippen molar-refractivity contribution in [3.05, 3.63) is 39.8 Å². The van der Waals surface area contributed by atoms with Gasteiger partial charge >= 0.3 is 0 Å². The van der Waals surface area contributed by atoms with Crippen LogP contribution in [-0.4, -0.2) is 10.9 Å². The minimum Gasteiger partial charge on any atom is -0.378 e. The Morgan fingerprint density at radius 3 is 3.00 bits per heavy atom. The van der Waals surface area contributed by atoms with E-state index in [0.717, 1.165) is 23.5 Å². The average molecular weight is 287 g/mol. The largest absolute Gasteiger partial charge is 0.378 e. The van der Waals surface area contributed by atoms with Crippen LogP contribution in [0.3, 0.4) is 0 Å². The van der Waals surface area contributed by atoms with Gasteiger partial charge in [0.2, 0.25) is 5.91 Å². The smallest absolute Gasteiger partial charge is 0.224 e. The lowest BCUT2D eigenvalue weighted by atomic mass is 10.0. The molecule has 2 aromatic rings. The number of carbonyl (C=O) groups excluding carboxylic acids is 1. The molecule has 0 aliphatic carbocycles. The summed E-state index contributed by atoms with van der Waals surface area (Å²) in [5.41, 5.74) is 6.18. The van der Waals surface area contributed by atoms with Crippen molar-refractivity contribution in [3.63, 3.8) is 0 Å². The molecule has 104 valence electrons. The van der Waals surface area contributed by atoms with Crippen LogP contribution in [0.25, 0.3) is 0 Å². The predicted octanol–water partition coefficient (Wildman–Crippen LogP) is 3.51. The average Bonchev–Trinajstić information content (AvgIpc) is 2.85. The lowest BCUT2D eigenvalue weighted by Crippen LogP contribution is -2.19. The number of benzene rings is 1. The van der Waals surface area contributed by atoms with E-state index in [1.54, 1.807) is 11.3 Å². The Bertz CT molecular complexity index is 650. The standard InChI is InChI=1S/C15H17N3OS/c1-9-15(20-8-16-9)10(2)17-12-4-5-13-11(7-12)3-6-14(19)18-13/h4-5,7-8,10,17H,3,6H2,1-2H3,(H,18,19). The number of hydrogen-bond donors (Lipinski definition) is 2. The number of rotatable bonds is 3. The molecular formula is C15H17N3OS. The summed E-state index contributed by atoms with van der Waals surface area (Å²) in [6.07, 6.45) is 1.38. The monoisotopic (exact) mass is 287 g/mol. The maximum Gasteiger partial charge on any atom is 0.224 e. The van der Waals surface area contributed by atoms with Crippen LogP contribution in [0.2, 0.25) is 0 Å². The summed E-state index contributed by atoms with van der Waals surface area (Å²) < 4.78 is 0. The first kappa shape index (κ1) is 13.1. The number of thiazole rings is 1. The van der Waals surface area contributed by atoms with E-state index in [1.807, 2.05) is 24.6 Å². The molecule has 1 aliphatic heterocycles. The number of nitrogens with zero attached hydrogens (tertiary/aromatic N) is 1. The Balaban J connectivity index is 1.78. The molecule has 4 nitrogen and oxygen atoms in total. The van der Waals surface area contributed by atoms with Crippen LogP contribution in [0.5, 0.6) is 0 Å². The van der Waals surface area contributed by atoms with Crippen LogP contribution in [0.15, 0.2) is 23.7 Å². The van der Waals surface area contributed by atoms with Crippen molar-refractivity contribution < 1.29 is 4.79 Å². The molecule has 5 heteroatoms. The molecule has 0 saturated heterocycles.